The van der Waals surface area contributed by atoms with Crippen molar-refractivity contribution in [1.82, 2.24) is 5.32 Å². The van der Waals surface area contributed by atoms with Crippen LogP contribution in [0.25, 0.3) is 0 Å². The molecule has 1 spiro atoms. The van der Waals surface area contributed by atoms with Gasteiger partial charge in [0.15, 0.2) is 0 Å². The molecule has 0 aromatic carbocycles. The van der Waals surface area contributed by atoms with Crippen molar-refractivity contribution in [3.05, 3.63) is 22.4 Å². The largest absolute Gasteiger partial charge is 0.370 e. The van der Waals surface area contributed by atoms with E-state index in [-0.39, 0.29) is 5.60 Å². The highest BCUT2D eigenvalue weighted by atomic mass is 32.1. The lowest BCUT2D eigenvalue weighted by Crippen LogP contribution is -2.35. The van der Waals surface area contributed by atoms with Crippen LogP contribution < -0.4 is 5.32 Å². The minimum atomic E-state index is 0.276. The number of rotatable bonds is 5. The van der Waals surface area contributed by atoms with Crippen LogP contribution in [-0.2, 0) is 11.2 Å². The Balaban J connectivity index is 1.35. The highest BCUT2D eigenvalue weighted by molar-refractivity contribution is 7.09. The second kappa shape index (κ2) is 6.38. The standard InChI is InChI=1S/C16H25NOS/c1-2-8-16(9-3-1)10-6-14(18-16)13-17-11-7-15-5-4-12-19-15/h4-5,12,14,17H,1-3,6-11,13H2. The molecule has 1 unspecified atom stereocenters. The maximum atomic E-state index is 6.37. The Morgan fingerprint density at radius 3 is 2.95 bits per heavy atom. The summed E-state index contributed by atoms with van der Waals surface area (Å²) >= 11 is 1.85. The van der Waals surface area contributed by atoms with Crippen molar-refractivity contribution in [3.63, 3.8) is 0 Å². The van der Waals surface area contributed by atoms with Gasteiger partial charge in [0.25, 0.3) is 0 Å². The van der Waals surface area contributed by atoms with E-state index in [1.165, 1.54) is 49.8 Å². The molecule has 0 bridgehead atoms. The molecule has 106 valence electrons. The van der Waals surface area contributed by atoms with E-state index in [1.807, 2.05) is 11.3 Å². The van der Waals surface area contributed by atoms with Gasteiger partial charge < -0.3 is 10.1 Å². The van der Waals surface area contributed by atoms with Crippen LogP contribution in [0, 0.1) is 0 Å². The molecule has 3 rings (SSSR count). The summed E-state index contributed by atoms with van der Waals surface area (Å²) in [5.74, 6) is 0. The second-order valence-electron chi connectivity index (χ2n) is 6.06. The SMILES string of the molecule is c1csc(CCNCC2CCC3(CCCCC3)O2)c1. The Labute approximate surface area is 120 Å². The second-order valence-corrected chi connectivity index (χ2v) is 7.09. The zero-order valence-electron chi connectivity index (χ0n) is 11.7. The molecule has 3 heteroatoms. The molecule has 1 aliphatic carbocycles. The normalized spacial score (nSPS) is 26.0. The summed E-state index contributed by atoms with van der Waals surface area (Å²) in [6.45, 7) is 2.11. The molecule has 2 fully saturated rings. The van der Waals surface area contributed by atoms with Crippen LogP contribution >= 0.6 is 11.3 Å². The van der Waals surface area contributed by atoms with Crippen LogP contribution in [0.5, 0.6) is 0 Å². The number of hydrogen-bond donors (Lipinski definition) is 1. The van der Waals surface area contributed by atoms with Crippen molar-refractivity contribution < 1.29 is 4.74 Å². The molecule has 1 saturated heterocycles. The van der Waals surface area contributed by atoms with Gasteiger partial charge in [-0.3, -0.25) is 0 Å². The minimum Gasteiger partial charge on any atom is -0.370 e. The maximum absolute atomic E-state index is 6.37. The minimum absolute atomic E-state index is 0.276. The lowest BCUT2D eigenvalue weighted by Gasteiger charge is -2.33. The van der Waals surface area contributed by atoms with Gasteiger partial charge in [-0.05, 0) is 43.6 Å². The first kappa shape index (κ1) is 13.6. The fourth-order valence-electron chi connectivity index (χ4n) is 3.53. The predicted molar refractivity (Wildman–Crippen MR) is 80.8 cm³/mol. The van der Waals surface area contributed by atoms with Crippen LogP contribution in [0.15, 0.2) is 17.5 Å². The Morgan fingerprint density at radius 2 is 2.16 bits per heavy atom. The van der Waals surface area contributed by atoms with Crippen molar-refractivity contribution in [2.45, 2.75) is 63.1 Å². The third kappa shape index (κ3) is 3.59. The van der Waals surface area contributed by atoms with Crippen LogP contribution in [0.1, 0.15) is 49.8 Å². The zero-order valence-corrected chi connectivity index (χ0v) is 12.5. The van der Waals surface area contributed by atoms with Crippen molar-refractivity contribution in [1.29, 1.82) is 0 Å². The van der Waals surface area contributed by atoms with Crippen molar-refractivity contribution >= 4 is 11.3 Å². The summed E-state index contributed by atoms with van der Waals surface area (Å²) < 4.78 is 6.37. The molecule has 19 heavy (non-hydrogen) atoms. The van der Waals surface area contributed by atoms with Gasteiger partial charge in [0.05, 0.1) is 11.7 Å². The first-order valence-corrected chi connectivity index (χ1v) is 8.65. The zero-order chi connectivity index (χ0) is 13.0. The molecule has 1 N–H and O–H groups in total. The molecule has 0 amide bonds. The quantitative estimate of drug-likeness (QED) is 0.829. The average Bonchev–Trinajstić information content (AvgIpc) is 3.07. The maximum Gasteiger partial charge on any atom is 0.0708 e. The van der Waals surface area contributed by atoms with E-state index >= 15 is 0 Å². The Bertz CT molecular complexity index is 370. The molecule has 1 aromatic heterocycles. The number of nitrogens with one attached hydrogen (secondary N) is 1. The molecule has 1 saturated carbocycles. The van der Waals surface area contributed by atoms with Gasteiger partial charge in [-0.2, -0.15) is 0 Å². The summed E-state index contributed by atoms with van der Waals surface area (Å²) in [5.41, 5.74) is 0.276. The highest BCUT2D eigenvalue weighted by Gasteiger charge is 2.40. The molecule has 2 heterocycles. The van der Waals surface area contributed by atoms with Crippen LogP contribution in [0.2, 0.25) is 0 Å². The van der Waals surface area contributed by atoms with E-state index < -0.39 is 0 Å². The van der Waals surface area contributed by atoms with Crippen molar-refractivity contribution in [2.75, 3.05) is 13.1 Å². The average molecular weight is 279 g/mol. The lowest BCUT2D eigenvalue weighted by atomic mass is 9.83. The van der Waals surface area contributed by atoms with Crippen molar-refractivity contribution in [3.8, 4) is 0 Å². The number of ether oxygens (including phenoxy) is 1. The predicted octanol–water partition coefficient (Wildman–Crippen LogP) is 3.76. The van der Waals surface area contributed by atoms with Crippen LogP contribution in [-0.4, -0.2) is 24.8 Å². The summed E-state index contributed by atoms with van der Waals surface area (Å²) in [6, 6.07) is 4.35. The van der Waals surface area contributed by atoms with Gasteiger partial charge in [-0.1, -0.05) is 25.3 Å². The van der Waals surface area contributed by atoms with Crippen LogP contribution in [0.3, 0.4) is 0 Å². The lowest BCUT2D eigenvalue weighted by molar-refractivity contribution is -0.0622. The molecule has 1 atom stereocenters. The fourth-order valence-corrected chi connectivity index (χ4v) is 4.24. The molecule has 1 aliphatic heterocycles. The van der Waals surface area contributed by atoms with E-state index in [0.29, 0.717) is 6.10 Å². The van der Waals surface area contributed by atoms with Gasteiger partial charge in [0, 0.05) is 18.0 Å². The number of hydrogen-bond acceptors (Lipinski definition) is 3. The summed E-state index contributed by atoms with van der Waals surface area (Å²) in [4.78, 5) is 1.48. The topological polar surface area (TPSA) is 21.3 Å². The number of thiophene rings is 1. The summed E-state index contributed by atoms with van der Waals surface area (Å²) in [5, 5.41) is 5.72. The summed E-state index contributed by atoms with van der Waals surface area (Å²) in [7, 11) is 0. The molecule has 2 aliphatic rings. The summed E-state index contributed by atoms with van der Waals surface area (Å²) in [6.07, 6.45) is 10.9. The van der Waals surface area contributed by atoms with Gasteiger partial charge in [0.2, 0.25) is 0 Å². The van der Waals surface area contributed by atoms with E-state index in [9.17, 15) is 0 Å². The Kier molecular flexibility index (Phi) is 4.57. The van der Waals surface area contributed by atoms with Gasteiger partial charge in [0.1, 0.15) is 0 Å². The first-order chi connectivity index (χ1) is 9.36. The Hall–Kier alpha value is -0.380. The molecule has 0 radical (unpaired) electrons. The van der Waals surface area contributed by atoms with Gasteiger partial charge in [-0.15, -0.1) is 11.3 Å². The van der Waals surface area contributed by atoms with Gasteiger partial charge >= 0.3 is 0 Å². The molecular weight excluding hydrogens is 254 g/mol. The first-order valence-electron chi connectivity index (χ1n) is 7.77. The van der Waals surface area contributed by atoms with Crippen molar-refractivity contribution in [2.24, 2.45) is 0 Å². The Morgan fingerprint density at radius 1 is 1.26 bits per heavy atom. The van der Waals surface area contributed by atoms with E-state index in [0.717, 1.165) is 19.5 Å². The molecular formula is C16H25NOS. The van der Waals surface area contributed by atoms with E-state index in [2.05, 4.69) is 22.8 Å². The van der Waals surface area contributed by atoms with Crippen LogP contribution in [0.4, 0.5) is 0 Å². The third-order valence-corrected chi connectivity index (χ3v) is 5.54. The van der Waals surface area contributed by atoms with E-state index in [4.69, 9.17) is 4.74 Å². The van der Waals surface area contributed by atoms with Gasteiger partial charge in [-0.25, -0.2) is 0 Å². The third-order valence-electron chi connectivity index (χ3n) is 4.60. The monoisotopic (exact) mass is 279 g/mol. The molecule has 1 aromatic rings. The van der Waals surface area contributed by atoms with E-state index in [1.54, 1.807) is 0 Å². The fraction of sp³-hybridized carbons (Fsp3) is 0.750. The highest BCUT2D eigenvalue weighted by Crippen LogP contribution is 2.41. The smallest absolute Gasteiger partial charge is 0.0708 e. The molecule has 2 nitrogen and oxygen atoms in total.